The lowest BCUT2D eigenvalue weighted by atomic mass is 10.1. The van der Waals surface area contributed by atoms with Gasteiger partial charge in [-0.2, -0.15) is 0 Å². The van der Waals surface area contributed by atoms with Gasteiger partial charge in [-0.1, -0.05) is 6.07 Å². The van der Waals surface area contributed by atoms with E-state index in [4.69, 9.17) is 9.47 Å². The van der Waals surface area contributed by atoms with Crippen LogP contribution in [0.25, 0.3) is 0 Å². The molecule has 2 aromatic rings. The average Bonchev–Trinajstić information content (AvgIpc) is 2.70. The van der Waals surface area contributed by atoms with Crippen molar-refractivity contribution in [3.63, 3.8) is 0 Å². The molecule has 0 amide bonds. The first-order valence-electron chi connectivity index (χ1n) is 8.95. The molecule has 3 rings (SSSR count). The molecule has 0 saturated carbocycles. The fourth-order valence-electron chi connectivity index (χ4n) is 2.93. The van der Waals surface area contributed by atoms with Crippen molar-refractivity contribution >= 4 is 11.8 Å². The highest BCUT2D eigenvalue weighted by Crippen LogP contribution is 2.17. The molecular formula is C21H24N2O4. The molecule has 1 aliphatic heterocycles. The van der Waals surface area contributed by atoms with Crippen LogP contribution in [0.15, 0.2) is 48.5 Å². The van der Waals surface area contributed by atoms with Crippen LogP contribution < -0.4 is 9.47 Å². The lowest BCUT2D eigenvalue weighted by Crippen LogP contribution is -2.46. The number of esters is 1. The number of carbonyl (C=O) groups is 2. The van der Waals surface area contributed by atoms with Crippen LogP contribution in [0.3, 0.4) is 0 Å². The number of Topliss-reactive ketones (excluding diaryl/α,β-unsaturated/α-hetero) is 1. The van der Waals surface area contributed by atoms with Gasteiger partial charge in [0.2, 0.25) is 0 Å². The molecule has 0 aromatic heterocycles. The minimum Gasteiger partial charge on any atom is -0.497 e. The summed E-state index contributed by atoms with van der Waals surface area (Å²) in [5.41, 5.74) is 1.03. The summed E-state index contributed by atoms with van der Waals surface area (Å²) in [7, 11) is 3.63. The van der Waals surface area contributed by atoms with Crippen molar-refractivity contribution < 1.29 is 19.1 Å². The van der Waals surface area contributed by atoms with Crippen LogP contribution in [0.5, 0.6) is 11.5 Å². The maximum atomic E-state index is 12.4. The van der Waals surface area contributed by atoms with Gasteiger partial charge in [0.15, 0.2) is 5.78 Å². The SMILES string of the molecule is COc1cccc(C(=O)Oc2ccc(C(=O)CN3CCN(C)CC3)cc2)c1. The number of carbonyl (C=O) groups excluding carboxylic acids is 2. The van der Waals surface area contributed by atoms with Crippen molar-refractivity contribution in [3.05, 3.63) is 59.7 Å². The number of likely N-dealkylation sites (N-methyl/N-ethyl adjacent to an activating group) is 1. The first kappa shape index (κ1) is 19.1. The van der Waals surface area contributed by atoms with Crippen LogP contribution in [0, 0.1) is 0 Å². The van der Waals surface area contributed by atoms with Crippen molar-refractivity contribution in [1.82, 2.24) is 9.80 Å². The van der Waals surface area contributed by atoms with Gasteiger partial charge in [-0.25, -0.2) is 4.79 Å². The van der Waals surface area contributed by atoms with E-state index in [2.05, 4.69) is 16.8 Å². The fraction of sp³-hybridized carbons (Fsp3) is 0.333. The Labute approximate surface area is 159 Å². The summed E-state index contributed by atoms with van der Waals surface area (Å²) in [5, 5.41) is 0. The van der Waals surface area contributed by atoms with Crippen molar-refractivity contribution in [1.29, 1.82) is 0 Å². The summed E-state index contributed by atoms with van der Waals surface area (Å²) >= 11 is 0. The van der Waals surface area contributed by atoms with Crippen LogP contribution in [0.4, 0.5) is 0 Å². The number of nitrogens with zero attached hydrogens (tertiary/aromatic N) is 2. The number of methoxy groups -OCH3 is 1. The Morgan fingerprint density at radius 3 is 2.30 bits per heavy atom. The molecule has 1 heterocycles. The Morgan fingerprint density at radius 1 is 0.926 bits per heavy atom. The first-order chi connectivity index (χ1) is 13.0. The zero-order valence-corrected chi connectivity index (χ0v) is 15.7. The molecule has 2 aromatic carbocycles. The number of ether oxygens (including phenoxy) is 2. The normalized spacial score (nSPS) is 15.3. The zero-order valence-electron chi connectivity index (χ0n) is 15.7. The summed E-state index contributed by atoms with van der Waals surface area (Å²) < 4.78 is 10.5. The number of rotatable bonds is 6. The van der Waals surface area contributed by atoms with Crippen LogP contribution in [-0.2, 0) is 0 Å². The predicted molar refractivity (Wildman–Crippen MR) is 103 cm³/mol. The third-order valence-corrected chi connectivity index (χ3v) is 4.66. The second-order valence-electron chi connectivity index (χ2n) is 6.65. The molecule has 0 unspecified atom stereocenters. The minimum atomic E-state index is -0.467. The molecule has 1 saturated heterocycles. The van der Waals surface area contributed by atoms with E-state index < -0.39 is 5.97 Å². The van der Waals surface area contributed by atoms with E-state index in [0.717, 1.165) is 26.2 Å². The molecular weight excluding hydrogens is 344 g/mol. The highest BCUT2D eigenvalue weighted by molar-refractivity contribution is 5.98. The molecule has 27 heavy (non-hydrogen) atoms. The summed E-state index contributed by atoms with van der Waals surface area (Å²) in [4.78, 5) is 29.1. The van der Waals surface area contributed by atoms with Crippen LogP contribution in [-0.4, -0.2) is 68.4 Å². The first-order valence-corrected chi connectivity index (χ1v) is 8.95. The van der Waals surface area contributed by atoms with Crippen molar-refractivity contribution in [2.45, 2.75) is 0 Å². The smallest absolute Gasteiger partial charge is 0.343 e. The fourth-order valence-corrected chi connectivity index (χ4v) is 2.93. The lowest BCUT2D eigenvalue weighted by Gasteiger charge is -2.31. The van der Waals surface area contributed by atoms with E-state index >= 15 is 0 Å². The second-order valence-corrected chi connectivity index (χ2v) is 6.65. The maximum absolute atomic E-state index is 12.4. The minimum absolute atomic E-state index is 0.0743. The van der Waals surface area contributed by atoms with Gasteiger partial charge in [0.1, 0.15) is 11.5 Å². The Kier molecular flexibility index (Phi) is 6.21. The molecule has 0 aliphatic carbocycles. The highest BCUT2D eigenvalue weighted by atomic mass is 16.5. The Morgan fingerprint density at radius 2 is 1.63 bits per heavy atom. The van der Waals surface area contributed by atoms with Gasteiger partial charge in [-0.3, -0.25) is 9.69 Å². The van der Waals surface area contributed by atoms with Gasteiger partial charge in [-0.05, 0) is 49.5 Å². The molecule has 0 bridgehead atoms. The Bertz CT molecular complexity index is 796. The van der Waals surface area contributed by atoms with E-state index in [1.54, 1.807) is 55.6 Å². The molecule has 0 N–H and O–H groups in total. The molecule has 6 nitrogen and oxygen atoms in total. The van der Waals surface area contributed by atoms with Gasteiger partial charge < -0.3 is 14.4 Å². The summed E-state index contributed by atoms with van der Waals surface area (Å²) in [6, 6.07) is 13.5. The van der Waals surface area contributed by atoms with Crippen molar-refractivity contribution in [2.24, 2.45) is 0 Å². The van der Waals surface area contributed by atoms with Gasteiger partial charge in [-0.15, -0.1) is 0 Å². The third kappa shape index (κ3) is 5.15. The van der Waals surface area contributed by atoms with E-state index in [-0.39, 0.29) is 5.78 Å². The van der Waals surface area contributed by atoms with Gasteiger partial charge in [0.25, 0.3) is 0 Å². The largest absolute Gasteiger partial charge is 0.497 e. The van der Waals surface area contributed by atoms with Crippen LogP contribution in [0.1, 0.15) is 20.7 Å². The van der Waals surface area contributed by atoms with Gasteiger partial charge in [0.05, 0.1) is 19.2 Å². The molecule has 0 radical (unpaired) electrons. The number of benzene rings is 2. The van der Waals surface area contributed by atoms with Crippen LogP contribution in [0.2, 0.25) is 0 Å². The van der Waals surface area contributed by atoms with Crippen molar-refractivity contribution in [3.8, 4) is 11.5 Å². The average molecular weight is 368 g/mol. The van der Waals surface area contributed by atoms with Gasteiger partial charge >= 0.3 is 5.97 Å². The van der Waals surface area contributed by atoms with Crippen LogP contribution >= 0.6 is 0 Å². The van der Waals surface area contributed by atoms with Crippen molar-refractivity contribution in [2.75, 3.05) is 46.9 Å². The monoisotopic (exact) mass is 368 g/mol. The van der Waals surface area contributed by atoms with Gasteiger partial charge in [0, 0.05) is 31.7 Å². The number of ketones is 1. The van der Waals surface area contributed by atoms with E-state index in [0.29, 0.717) is 29.2 Å². The quantitative estimate of drug-likeness (QED) is 0.443. The topological polar surface area (TPSA) is 59.1 Å². The predicted octanol–water partition coefficient (Wildman–Crippen LogP) is 2.34. The molecule has 1 aliphatic rings. The number of piperazine rings is 1. The molecule has 6 heteroatoms. The molecule has 0 atom stereocenters. The Balaban J connectivity index is 1.58. The molecule has 142 valence electrons. The Hall–Kier alpha value is -2.70. The third-order valence-electron chi connectivity index (χ3n) is 4.66. The lowest BCUT2D eigenvalue weighted by molar-refractivity contribution is 0.0734. The standard InChI is InChI=1S/C21H24N2O4/c1-22-10-12-23(13-11-22)15-20(24)16-6-8-18(9-7-16)27-21(25)17-4-3-5-19(14-17)26-2/h3-9,14H,10-13,15H2,1-2H3. The molecule has 1 fully saturated rings. The van der Waals surface area contributed by atoms with E-state index in [1.807, 2.05) is 0 Å². The summed E-state index contributed by atoms with van der Waals surface area (Å²) in [6.45, 7) is 4.17. The zero-order chi connectivity index (χ0) is 19.2. The second kappa shape index (κ2) is 8.79. The van der Waals surface area contributed by atoms with E-state index in [1.165, 1.54) is 0 Å². The summed E-state index contributed by atoms with van der Waals surface area (Å²) in [6.07, 6.45) is 0. The summed E-state index contributed by atoms with van der Waals surface area (Å²) in [5.74, 6) is 0.601. The van der Waals surface area contributed by atoms with E-state index in [9.17, 15) is 9.59 Å². The molecule has 0 spiro atoms. The number of hydrogen-bond donors (Lipinski definition) is 0. The maximum Gasteiger partial charge on any atom is 0.343 e. The number of hydrogen-bond acceptors (Lipinski definition) is 6. The highest BCUT2D eigenvalue weighted by Gasteiger charge is 2.17.